The lowest BCUT2D eigenvalue weighted by atomic mass is 10.0. The second-order valence-corrected chi connectivity index (χ2v) is 7.19. The van der Waals surface area contributed by atoms with Crippen molar-refractivity contribution >= 4 is 18.0 Å². The Morgan fingerprint density at radius 2 is 1.97 bits per heavy atom. The van der Waals surface area contributed by atoms with Crippen LogP contribution >= 0.6 is 0 Å². The number of benzene rings is 1. The van der Waals surface area contributed by atoms with Gasteiger partial charge in [-0.2, -0.15) is 0 Å². The Morgan fingerprint density at radius 3 is 2.69 bits per heavy atom. The fraction of sp³-hybridized carbons (Fsp3) is 0.348. The van der Waals surface area contributed by atoms with E-state index in [0.29, 0.717) is 11.5 Å². The number of aryl methyl sites for hydroxylation is 2. The highest BCUT2D eigenvalue weighted by Crippen LogP contribution is 2.28. The lowest BCUT2D eigenvalue weighted by Crippen LogP contribution is -2.47. The number of rotatable bonds is 9. The molecule has 0 spiro atoms. The number of carbonyl (C=O) groups excluding carboxylic acids is 3. The Bertz CT molecular complexity index is 1010. The highest BCUT2D eigenvalue weighted by atomic mass is 16.5. The second-order valence-electron chi connectivity index (χ2n) is 7.19. The van der Waals surface area contributed by atoms with Gasteiger partial charge in [-0.05, 0) is 50.1 Å². The summed E-state index contributed by atoms with van der Waals surface area (Å²) in [5.41, 5.74) is 2.27. The number of urea groups is 1. The summed E-state index contributed by atoms with van der Waals surface area (Å²) < 4.78 is 21.4. The van der Waals surface area contributed by atoms with Gasteiger partial charge in [0.15, 0.2) is 0 Å². The molecule has 1 aliphatic heterocycles. The summed E-state index contributed by atoms with van der Waals surface area (Å²) >= 11 is 0. The smallest absolute Gasteiger partial charge is 0.338 e. The summed E-state index contributed by atoms with van der Waals surface area (Å²) in [4.78, 5) is 36.9. The van der Waals surface area contributed by atoms with Crippen LogP contribution in [0.25, 0.3) is 0 Å². The third-order valence-corrected chi connectivity index (χ3v) is 4.76. The van der Waals surface area contributed by atoms with Crippen LogP contribution < -0.4 is 15.4 Å². The molecule has 32 heavy (non-hydrogen) atoms. The van der Waals surface area contributed by atoms with Gasteiger partial charge in [-0.3, -0.25) is 4.79 Å². The zero-order valence-electron chi connectivity index (χ0n) is 18.2. The zero-order chi connectivity index (χ0) is 23.1. The molecule has 1 aliphatic rings. The quantitative estimate of drug-likeness (QED) is 0.573. The van der Waals surface area contributed by atoms with E-state index in [0.717, 1.165) is 11.1 Å². The number of hydrogen-bond acceptors (Lipinski definition) is 7. The molecule has 0 fully saturated rings. The Hall–Kier alpha value is -3.75. The van der Waals surface area contributed by atoms with E-state index in [9.17, 15) is 14.4 Å². The molecule has 0 bridgehead atoms. The Labute approximate surface area is 185 Å². The van der Waals surface area contributed by atoms with Crippen LogP contribution in [0.5, 0.6) is 5.75 Å². The molecule has 0 saturated carbocycles. The lowest BCUT2D eigenvalue weighted by Gasteiger charge is -2.27. The van der Waals surface area contributed by atoms with Gasteiger partial charge in [0.2, 0.25) is 0 Å². The lowest BCUT2D eigenvalue weighted by molar-refractivity contribution is -0.144. The van der Waals surface area contributed by atoms with Crippen molar-refractivity contribution in [3.8, 4) is 5.75 Å². The van der Waals surface area contributed by atoms with E-state index >= 15 is 0 Å². The van der Waals surface area contributed by atoms with E-state index in [1.54, 1.807) is 19.1 Å². The molecule has 9 heteroatoms. The van der Waals surface area contributed by atoms with E-state index in [1.807, 2.05) is 32.0 Å². The maximum absolute atomic E-state index is 12.6. The van der Waals surface area contributed by atoms with Gasteiger partial charge < -0.3 is 29.3 Å². The number of furan rings is 1. The maximum atomic E-state index is 12.6. The third-order valence-electron chi connectivity index (χ3n) is 4.76. The molecule has 2 N–H and O–H groups in total. The number of amides is 2. The van der Waals surface area contributed by atoms with E-state index < -0.39 is 24.0 Å². The van der Waals surface area contributed by atoms with Crippen LogP contribution in [0.2, 0.25) is 0 Å². The molecule has 170 valence electrons. The number of ether oxygens (including phenoxy) is 3. The average Bonchev–Trinajstić information content (AvgIpc) is 3.29. The van der Waals surface area contributed by atoms with E-state index in [4.69, 9.17) is 18.6 Å². The summed E-state index contributed by atoms with van der Waals surface area (Å²) in [7, 11) is 0. The minimum atomic E-state index is -0.862. The normalized spacial score (nSPS) is 15.6. The predicted octanol–water partition coefficient (Wildman–Crippen LogP) is 3.08. The van der Waals surface area contributed by atoms with Gasteiger partial charge in [0, 0.05) is 0 Å². The topological polar surface area (TPSA) is 116 Å². The van der Waals surface area contributed by atoms with Gasteiger partial charge in [0.05, 0.1) is 37.2 Å². The molecule has 0 saturated heterocycles. The maximum Gasteiger partial charge on any atom is 0.338 e. The molecular formula is C23H26N2O7. The van der Waals surface area contributed by atoms with Crippen molar-refractivity contribution in [1.82, 2.24) is 10.6 Å². The van der Waals surface area contributed by atoms with Gasteiger partial charge in [0.1, 0.15) is 24.2 Å². The first-order valence-corrected chi connectivity index (χ1v) is 10.3. The van der Waals surface area contributed by atoms with Gasteiger partial charge in [-0.1, -0.05) is 12.1 Å². The fourth-order valence-electron chi connectivity index (χ4n) is 3.18. The fourth-order valence-corrected chi connectivity index (χ4v) is 3.18. The number of carbonyl (C=O) groups is 3. The van der Waals surface area contributed by atoms with Crippen LogP contribution in [0.1, 0.15) is 36.3 Å². The van der Waals surface area contributed by atoms with Crippen molar-refractivity contribution in [3.63, 3.8) is 0 Å². The van der Waals surface area contributed by atoms with Crippen LogP contribution in [0, 0.1) is 13.8 Å². The van der Waals surface area contributed by atoms with Crippen LogP contribution in [0.3, 0.4) is 0 Å². The molecule has 1 aromatic carbocycles. The first kappa shape index (κ1) is 22.9. The zero-order valence-corrected chi connectivity index (χ0v) is 18.2. The first-order valence-electron chi connectivity index (χ1n) is 10.3. The Balaban J connectivity index is 1.66. The van der Waals surface area contributed by atoms with Gasteiger partial charge in [-0.25, -0.2) is 9.59 Å². The molecular weight excluding hydrogens is 416 g/mol. The number of esters is 2. The van der Waals surface area contributed by atoms with Crippen molar-refractivity contribution < 1.29 is 33.0 Å². The molecule has 0 aliphatic carbocycles. The molecule has 0 radical (unpaired) electrons. The van der Waals surface area contributed by atoms with Crippen LogP contribution in [0.15, 0.2) is 52.3 Å². The molecule has 9 nitrogen and oxygen atoms in total. The van der Waals surface area contributed by atoms with Gasteiger partial charge in [-0.15, -0.1) is 0 Å². The van der Waals surface area contributed by atoms with E-state index in [2.05, 4.69) is 10.6 Å². The molecule has 1 unspecified atom stereocenters. The van der Waals surface area contributed by atoms with Gasteiger partial charge >= 0.3 is 18.0 Å². The summed E-state index contributed by atoms with van der Waals surface area (Å²) in [6, 6.07) is 7.68. The van der Waals surface area contributed by atoms with E-state index in [-0.39, 0.29) is 37.5 Å². The number of hydrogen-bond donors (Lipinski definition) is 2. The van der Waals surface area contributed by atoms with Crippen molar-refractivity contribution in [3.05, 3.63) is 64.8 Å². The molecule has 2 amide bonds. The summed E-state index contributed by atoms with van der Waals surface area (Å²) in [6.45, 7) is 5.52. The minimum Gasteiger partial charge on any atom is -0.493 e. The average molecular weight is 442 g/mol. The van der Waals surface area contributed by atoms with Crippen molar-refractivity contribution in [2.75, 3.05) is 19.8 Å². The first-order chi connectivity index (χ1) is 15.4. The summed E-state index contributed by atoms with van der Waals surface area (Å²) in [5.74, 6) is -0.121. The SMILES string of the molecule is CCOC(=O)C1=C(COC(=O)CCOc2cc(C)ccc2C)NC(=O)NC1c1ccco1. The molecule has 1 aromatic heterocycles. The largest absolute Gasteiger partial charge is 0.493 e. The third kappa shape index (κ3) is 5.69. The Kier molecular flexibility index (Phi) is 7.54. The Morgan fingerprint density at radius 1 is 1.16 bits per heavy atom. The van der Waals surface area contributed by atoms with Crippen molar-refractivity contribution in [2.24, 2.45) is 0 Å². The molecule has 2 heterocycles. The molecule has 1 atom stereocenters. The van der Waals surface area contributed by atoms with Crippen LogP contribution in [-0.2, 0) is 19.1 Å². The standard InChI is InChI=1S/C23H26N2O7/c1-4-29-22(27)20-16(24-23(28)25-21(20)17-6-5-10-30-17)13-32-19(26)9-11-31-18-12-14(2)7-8-15(18)3/h5-8,10,12,21H,4,9,11,13H2,1-3H3,(H2,24,25,28). The highest BCUT2D eigenvalue weighted by molar-refractivity contribution is 5.95. The van der Waals surface area contributed by atoms with Crippen LogP contribution in [-0.4, -0.2) is 37.8 Å². The van der Waals surface area contributed by atoms with Crippen molar-refractivity contribution in [1.29, 1.82) is 0 Å². The predicted molar refractivity (Wildman–Crippen MR) is 114 cm³/mol. The highest BCUT2D eigenvalue weighted by Gasteiger charge is 2.35. The minimum absolute atomic E-state index is 0.00319. The molecule has 3 rings (SSSR count). The second kappa shape index (κ2) is 10.5. The summed E-state index contributed by atoms with van der Waals surface area (Å²) in [6.07, 6.45) is 1.44. The van der Waals surface area contributed by atoms with Gasteiger partial charge in [0.25, 0.3) is 0 Å². The number of nitrogens with one attached hydrogen (secondary N) is 2. The van der Waals surface area contributed by atoms with E-state index in [1.165, 1.54) is 6.26 Å². The van der Waals surface area contributed by atoms with Crippen LogP contribution in [0.4, 0.5) is 4.79 Å². The van der Waals surface area contributed by atoms with Crippen molar-refractivity contribution in [2.45, 2.75) is 33.2 Å². The monoisotopic (exact) mass is 442 g/mol. The molecule has 2 aromatic rings. The summed E-state index contributed by atoms with van der Waals surface area (Å²) in [5, 5.41) is 5.15.